The van der Waals surface area contributed by atoms with Crippen LogP contribution in [0.5, 0.6) is 0 Å². The van der Waals surface area contributed by atoms with Crippen molar-refractivity contribution in [3.63, 3.8) is 0 Å². The van der Waals surface area contributed by atoms with Gasteiger partial charge in [0.05, 0.1) is 0 Å². The van der Waals surface area contributed by atoms with Crippen LogP contribution in [0, 0.1) is 5.92 Å². The Kier molecular flexibility index (Phi) is 5.37. The number of sulfonamides is 1. The standard InChI is InChI=1S/C15H23NO4S/c1-19-12-20-15(21(16,17)18,13-8-4-2-5-9-13)14-10-6-3-7-11-14/h2,4-5,8-9,14H,3,6-7,10-12H2,1H3,(H2,16,17,18). The van der Waals surface area contributed by atoms with Gasteiger partial charge in [-0.3, -0.25) is 0 Å². The maximum Gasteiger partial charge on any atom is 0.243 e. The Hall–Kier alpha value is -0.950. The lowest BCUT2D eigenvalue weighted by Gasteiger charge is -2.40. The highest BCUT2D eigenvalue weighted by atomic mass is 32.2. The van der Waals surface area contributed by atoms with Crippen LogP contribution in [0.2, 0.25) is 0 Å². The van der Waals surface area contributed by atoms with Gasteiger partial charge in [-0.1, -0.05) is 49.6 Å². The molecule has 21 heavy (non-hydrogen) atoms. The van der Waals surface area contributed by atoms with Crippen molar-refractivity contribution in [1.29, 1.82) is 0 Å². The van der Waals surface area contributed by atoms with E-state index in [1.54, 1.807) is 24.3 Å². The van der Waals surface area contributed by atoms with Crippen molar-refractivity contribution in [2.24, 2.45) is 11.1 Å². The lowest BCUT2D eigenvalue weighted by atomic mass is 9.82. The maximum atomic E-state index is 12.5. The van der Waals surface area contributed by atoms with Gasteiger partial charge in [-0.25, -0.2) is 13.6 Å². The molecule has 0 radical (unpaired) electrons. The van der Waals surface area contributed by atoms with Crippen LogP contribution in [0.25, 0.3) is 0 Å². The Morgan fingerprint density at radius 3 is 2.33 bits per heavy atom. The number of methoxy groups -OCH3 is 1. The van der Waals surface area contributed by atoms with Gasteiger partial charge in [0.15, 0.2) is 0 Å². The zero-order chi connectivity index (χ0) is 15.3. The molecule has 2 N–H and O–H groups in total. The third-order valence-electron chi connectivity index (χ3n) is 4.13. The van der Waals surface area contributed by atoms with Crippen LogP contribution in [0.1, 0.15) is 37.7 Å². The van der Waals surface area contributed by atoms with Gasteiger partial charge in [-0.2, -0.15) is 0 Å². The van der Waals surface area contributed by atoms with Gasteiger partial charge in [0.2, 0.25) is 15.0 Å². The van der Waals surface area contributed by atoms with Crippen LogP contribution < -0.4 is 5.14 Å². The number of hydrogen-bond acceptors (Lipinski definition) is 4. The fourth-order valence-electron chi connectivity index (χ4n) is 3.22. The molecule has 1 saturated carbocycles. The molecule has 1 fully saturated rings. The van der Waals surface area contributed by atoms with Crippen LogP contribution >= 0.6 is 0 Å². The molecule has 2 rings (SSSR count). The molecule has 1 aliphatic carbocycles. The smallest absolute Gasteiger partial charge is 0.243 e. The topological polar surface area (TPSA) is 78.6 Å². The van der Waals surface area contributed by atoms with Crippen molar-refractivity contribution in [2.45, 2.75) is 37.0 Å². The molecule has 0 aliphatic heterocycles. The van der Waals surface area contributed by atoms with Crippen LogP contribution in [0.15, 0.2) is 30.3 Å². The summed E-state index contributed by atoms with van der Waals surface area (Å²) in [7, 11) is -2.48. The van der Waals surface area contributed by atoms with E-state index in [0.29, 0.717) is 5.56 Å². The molecular formula is C15H23NO4S. The highest BCUT2D eigenvalue weighted by Gasteiger charge is 2.51. The van der Waals surface area contributed by atoms with E-state index in [1.165, 1.54) is 7.11 Å². The lowest BCUT2D eigenvalue weighted by Crippen LogP contribution is -2.50. The predicted molar refractivity (Wildman–Crippen MR) is 80.8 cm³/mol. The molecule has 1 aromatic carbocycles. The zero-order valence-corrected chi connectivity index (χ0v) is 13.1. The molecule has 0 saturated heterocycles. The van der Waals surface area contributed by atoms with Crippen LogP contribution in [-0.2, 0) is 24.4 Å². The molecule has 0 spiro atoms. The first-order valence-electron chi connectivity index (χ1n) is 7.23. The van der Waals surface area contributed by atoms with Crippen molar-refractivity contribution in [2.75, 3.05) is 13.9 Å². The molecule has 0 amide bonds. The first kappa shape index (κ1) is 16.4. The minimum Gasteiger partial charge on any atom is -0.359 e. The van der Waals surface area contributed by atoms with Gasteiger partial charge in [-0.15, -0.1) is 0 Å². The number of rotatable bonds is 6. The van der Waals surface area contributed by atoms with E-state index in [9.17, 15) is 8.42 Å². The molecular weight excluding hydrogens is 290 g/mol. The minimum atomic E-state index is -3.95. The van der Waals surface area contributed by atoms with Crippen molar-refractivity contribution in [1.82, 2.24) is 0 Å². The average Bonchev–Trinajstić information content (AvgIpc) is 2.49. The third kappa shape index (κ3) is 3.29. The van der Waals surface area contributed by atoms with Crippen molar-refractivity contribution >= 4 is 10.0 Å². The Balaban J connectivity index is 2.53. The van der Waals surface area contributed by atoms with E-state index in [0.717, 1.165) is 32.1 Å². The minimum absolute atomic E-state index is 0.109. The second kappa shape index (κ2) is 6.87. The molecule has 0 aromatic heterocycles. The lowest BCUT2D eigenvalue weighted by molar-refractivity contribution is -0.123. The van der Waals surface area contributed by atoms with E-state index in [1.807, 2.05) is 6.07 Å². The highest BCUT2D eigenvalue weighted by molar-refractivity contribution is 7.90. The zero-order valence-electron chi connectivity index (χ0n) is 12.3. The summed E-state index contributed by atoms with van der Waals surface area (Å²) in [4.78, 5) is -1.52. The van der Waals surface area contributed by atoms with E-state index in [2.05, 4.69) is 0 Å². The molecule has 1 atom stereocenters. The first-order valence-corrected chi connectivity index (χ1v) is 8.78. The van der Waals surface area contributed by atoms with Crippen molar-refractivity contribution < 1.29 is 17.9 Å². The quantitative estimate of drug-likeness (QED) is 0.818. The molecule has 1 aliphatic rings. The predicted octanol–water partition coefficient (Wildman–Crippen LogP) is 2.33. The van der Waals surface area contributed by atoms with Crippen LogP contribution in [0.4, 0.5) is 0 Å². The van der Waals surface area contributed by atoms with Crippen LogP contribution in [0.3, 0.4) is 0 Å². The van der Waals surface area contributed by atoms with Gasteiger partial charge < -0.3 is 9.47 Å². The summed E-state index contributed by atoms with van der Waals surface area (Å²) in [5, 5.41) is 5.61. The summed E-state index contributed by atoms with van der Waals surface area (Å²) in [5.74, 6) is -0.154. The van der Waals surface area contributed by atoms with Gasteiger partial charge in [0.1, 0.15) is 6.79 Å². The summed E-state index contributed by atoms with van der Waals surface area (Å²) >= 11 is 0. The van der Waals surface area contributed by atoms with E-state index >= 15 is 0 Å². The second-order valence-corrected chi connectivity index (χ2v) is 7.16. The van der Waals surface area contributed by atoms with Gasteiger partial charge in [0, 0.05) is 18.6 Å². The number of nitrogens with two attached hydrogens (primary N) is 1. The monoisotopic (exact) mass is 313 g/mol. The maximum absolute atomic E-state index is 12.5. The van der Waals surface area contributed by atoms with Crippen molar-refractivity contribution in [3.8, 4) is 0 Å². The Labute approximate surface area is 126 Å². The third-order valence-corrected chi connectivity index (χ3v) is 5.66. The van der Waals surface area contributed by atoms with Gasteiger partial charge in [0.25, 0.3) is 0 Å². The van der Waals surface area contributed by atoms with Gasteiger partial charge >= 0.3 is 0 Å². The molecule has 118 valence electrons. The number of benzene rings is 1. The summed E-state index contributed by atoms with van der Waals surface area (Å²) in [6.07, 6.45) is 4.68. The molecule has 0 bridgehead atoms. The van der Waals surface area contributed by atoms with Crippen LogP contribution in [-0.4, -0.2) is 22.3 Å². The van der Waals surface area contributed by atoms with E-state index < -0.39 is 15.0 Å². The Bertz CT molecular complexity index is 540. The van der Waals surface area contributed by atoms with E-state index in [4.69, 9.17) is 14.6 Å². The number of hydrogen-bond donors (Lipinski definition) is 1. The SMILES string of the molecule is COCOC(c1ccccc1)(C1CCCCC1)S(N)(=O)=O. The Morgan fingerprint density at radius 1 is 1.19 bits per heavy atom. The summed E-state index contributed by atoms with van der Waals surface area (Å²) in [5.41, 5.74) is 0.580. The number of primary sulfonamides is 1. The summed E-state index contributed by atoms with van der Waals surface area (Å²) in [6.45, 7) is -0.109. The van der Waals surface area contributed by atoms with E-state index in [-0.39, 0.29) is 12.7 Å². The largest absolute Gasteiger partial charge is 0.359 e. The molecule has 1 aromatic rings. The molecule has 1 unspecified atom stereocenters. The number of ether oxygens (including phenoxy) is 2. The molecule has 0 heterocycles. The molecule has 6 heteroatoms. The normalized spacial score (nSPS) is 20.1. The van der Waals surface area contributed by atoms with Crippen molar-refractivity contribution in [3.05, 3.63) is 35.9 Å². The van der Waals surface area contributed by atoms with Gasteiger partial charge in [-0.05, 0) is 12.8 Å². The fourth-order valence-corrected chi connectivity index (χ4v) is 4.59. The summed E-state index contributed by atoms with van der Waals surface area (Å²) in [6, 6.07) is 8.96. The Morgan fingerprint density at radius 2 is 1.81 bits per heavy atom. The summed E-state index contributed by atoms with van der Waals surface area (Å²) < 4.78 is 35.6. The second-order valence-electron chi connectivity index (χ2n) is 5.46. The molecule has 5 nitrogen and oxygen atoms in total. The average molecular weight is 313 g/mol. The fraction of sp³-hybridized carbons (Fsp3) is 0.600. The first-order chi connectivity index (χ1) is 10.0. The highest BCUT2D eigenvalue weighted by Crippen LogP contribution is 2.45.